The first-order chi connectivity index (χ1) is 9.33. The maximum Gasteiger partial charge on any atom is 0.109 e. The molecule has 0 aliphatic heterocycles. The van der Waals surface area contributed by atoms with Crippen molar-refractivity contribution in [2.45, 2.75) is 64.5 Å². The molecule has 2 aliphatic carbocycles. The fraction of sp³-hybridized carbons (Fsp3) is 0.556. The lowest BCUT2D eigenvalue weighted by Gasteiger charge is -2.35. The SMILES string of the molecule is CCCC[Si](CCCC)(C1=CC=CC1)C1=CC=CC1. The first-order valence-corrected chi connectivity index (χ1v) is 10.5. The third kappa shape index (κ3) is 3.20. The Labute approximate surface area is 120 Å². The van der Waals surface area contributed by atoms with Gasteiger partial charge in [0.1, 0.15) is 8.07 Å². The van der Waals surface area contributed by atoms with Crippen molar-refractivity contribution in [3.05, 3.63) is 46.8 Å². The Bertz CT molecular complexity index is 369. The molecule has 0 heterocycles. The van der Waals surface area contributed by atoms with E-state index in [0.717, 1.165) is 0 Å². The van der Waals surface area contributed by atoms with E-state index in [2.05, 4.69) is 50.3 Å². The summed E-state index contributed by atoms with van der Waals surface area (Å²) in [5, 5.41) is 3.62. The van der Waals surface area contributed by atoms with Gasteiger partial charge in [0.25, 0.3) is 0 Å². The molecular weight excluding hydrogens is 244 g/mol. The first-order valence-electron chi connectivity index (χ1n) is 8.06. The van der Waals surface area contributed by atoms with Crippen LogP contribution in [0, 0.1) is 0 Å². The summed E-state index contributed by atoms with van der Waals surface area (Å²) < 4.78 is 0. The molecule has 0 aromatic heterocycles. The van der Waals surface area contributed by atoms with Crippen LogP contribution in [0.3, 0.4) is 0 Å². The maximum atomic E-state index is 2.46. The van der Waals surface area contributed by atoms with Gasteiger partial charge in [0.15, 0.2) is 0 Å². The van der Waals surface area contributed by atoms with Gasteiger partial charge in [-0.25, -0.2) is 0 Å². The molecule has 1 heteroatoms. The van der Waals surface area contributed by atoms with Crippen LogP contribution in [0.1, 0.15) is 52.4 Å². The van der Waals surface area contributed by atoms with Gasteiger partial charge >= 0.3 is 0 Å². The molecule has 0 radical (unpaired) electrons. The van der Waals surface area contributed by atoms with E-state index in [-0.39, 0.29) is 0 Å². The summed E-state index contributed by atoms with van der Waals surface area (Å²) in [4.78, 5) is 0. The van der Waals surface area contributed by atoms with Gasteiger partial charge in [-0.05, 0) is 24.9 Å². The Morgan fingerprint density at radius 2 is 1.32 bits per heavy atom. The maximum absolute atomic E-state index is 2.46. The topological polar surface area (TPSA) is 0 Å². The van der Waals surface area contributed by atoms with Crippen LogP contribution in [0.25, 0.3) is 0 Å². The summed E-state index contributed by atoms with van der Waals surface area (Å²) in [6.45, 7) is 4.67. The molecule has 0 unspecified atom stereocenters. The zero-order valence-electron chi connectivity index (χ0n) is 12.6. The molecule has 0 nitrogen and oxygen atoms in total. The minimum atomic E-state index is -1.37. The Morgan fingerprint density at radius 1 is 0.842 bits per heavy atom. The Balaban J connectivity index is 2.25. The van der Waals surface area contributed by atoms with Crippen molar-refractivity contribution in [1.82, 2.24) is 0 Å². The van der Waals surface area contributed by atoms with Gasteiger partial charge in [-0.2, -0.15) is 0 Å². The summed E-state index contributed by atoms with van der Waals surface area (Å²) in [5.74, 6) is 0. The van der Waals surface area contributed by atoms with Crippen LogP contribution in [-0.2, 0) is 0 Å². The molecule has 0 aromatic carbocycles. The number of hydrogen-bond donors (Lipinski definition) is 0. The summed E-state index contributed by atoms with van der Waals surface area (Å²) >= 11 is 0. The molecular formula is C18H28Si. The van der Waals surface area contributed by atoms with Crippen LogP contribution in [0.2, 0.25) is 12.1 Å². The summed E-state index contributed by atoms with van der Waals surface area (Å²) in [6.07, 6.45) is 22.2. The molecule has 0 atom stereocenters. The monoisotopic (exact) mass is 272 g/mol. The predicted molar refractivity (Wildman–Crippen MR) is 88.9 cm³/mol. The van der Waals surface area contributed by atoms with Gasteiger partial charge in [-0.1, -0.05) is 86.4 Å². The van der Waals surface area contributed by atoms with E-state index in [1.165, 1.54) is 50.6 Å². The quantitative estimate of drug-likeness (QED) is 0.484. The Morgan fingerprint density at radius 3 is 1.63 bits per heavy atom. The Hall–Kier alpha value is -0.823. The molecule has 0 aromatic rings. The van der Waals surface area contributed by atoms with Crippen molar-refractivity contribution < 1.29 is 0 Å². The molecule has 19 heavy (non-hydrogen) atoms. The van der Waals surface area contributed by atoms with E-state index >= 15 is 0 Å². The zero-order chi connectivity index (χ0) is 13.6. The highest BCUT2D eigenvalue weighted by Crippen LogP contribution is 2.41. The third-order valence-electron chi connectivity index (χ3n) is 4.69. The zero-order valence-corrected chi connectivity index (χ0v) is 13.6. The molecule has 2 rings (SSSR count). The van der Waals surface area contributed by atoms with Crippen LogP contribution in [0.5, 0.6) is 0 Å². The van der Waals surface area contributed by atoms with E-state index in [4.69, 9.17) is 0 Å². The average molecular weight is 273 g/mol. The summed E-state index contributed by atoms with van der Waals surface area (Å²) in [5.41, 5.74) is 0. The second-order valence-corrected chi connectivity index (χ2v) is 10.4. The molecule has 0 N–H and O–H groups in total. The Kier molecular flexibility index (Phi) is 5.44. The summed E-state index contributed by atoms with van der Waals surface area (Å²) in [7, 11) is -1.37. The fourth-order valence-corrected chi connectivity index (χ4v) is 9.24. The third-order valence-corrected chi connectivity index (χ3v) is 10.3. The van der Waals surface area contributed by atoms with Gasteiger partial charge in [0, 0.05) is 0 Å². The standard InChI is InChI=1S/C18H28Si/c1-3-5-15-19(16-6-4-2,17-11-7-8-12-17)18-13-9-10-14-18/h7-11,13H,3-6,12,14-16H2,1-2H3. The number of allylic oxidation sites excluding steroid dienone is 8. The molecule has 0 bridgehead atoms. The van der Waals surface area contributed by atoms with E-state index < -0.39 is 8.07 Å². The molecule has 104 valence electrons. The number of hydrogen-bond acceptors (Lipinski definition) is 0. The van der Waals surface area contributed by atoms with Crippen LogP contribution in [-0.4, -0.2) is 8.07 Å². The van der Waals surface area contributed by atoms with Crippen LogP contribution >= 0.6 is 0 Å². The molecule has 0 saturated heterocycles. The first kappa shape index (κ1) is 14.6. The van der Waals surface area contributed by atoms with Crippen molar-refractivity contribution in [3.8, 4) is 0 Å². The smallest absolute Gasteiger partial charge is 0.0809 e. The molecule has 0 fully saturated rings. The van der Waals surface area contributed by atoms with E-state index in [1.54, 1.807) is 0 Å². The van der Waals surface area contributed by atoms with Gasteiger partial charge in [-0.3, -0.25) is 0 Å². The van der Waals surface area contributed by atoms with Crippen molar-refractivity contribution in [3.63, 3.8) is 0 Å². The summed E-state index contributed by atoms with van der Waals surface area (Å²) in [6, 6.07) is 2.95. The number of unbranched alkanes of at least 4 members (excludes halogenated alkanes) is 2. The lowest BCUT2D eigenvalue weighted by atomic mass is 10.4. The molecule has 2 aliphatic rings. The van der Waals surface area contributed by atoms with Crippen molar-refractivity contribution >= 4 is 8.07 Å². The van der Waals surface area contributed by atoms with E-state index in [9.17, 15) is 0 Å². The van der Waals surface area contributed by atoms with Crippen molar-refractivity contribution in [2.75, 3.05) is 0 Å². The normalized spacial score (nSPS) is 18.0. The second-order valence-electron chi connectivity index (χ2n) is 5.94. The van der Waals surface area contributed by atoms with Crippen molar-refractivity contribution in [1.29, 1.82) is 0 Å². The predicted octanol–water partition coefficient (Wildman–Crippen LogP) is 5.89. The van der Waals surface area contributed by atoms with Crippen LogP contribution in [0.15, 0.2) is 46.8 Å². The molecule has 0 saturated carbocycles. The van der Waals surface area contributed by atoms with Crippen LogP contribution in [0.4, 0.5) is 0 Å². The average Bonchev–Trinajstić information content (AvgIpc) is 3.12. The van der Waals surface area contributed by atoms with Gasteiger partial charge < -0.3 is 0 Å². The minimum Gasteiger partial charge on any atom is -0.0809 e. The van der Waals surface area contributed by atoms with Gasteiger partial charge in [-0.15, -0.1) is 0 Å². The molecule has 0 spiro atoms. The largest absolute Gasteiger partial charge is 0.109 e. The van der Waals surface area contributed by atoms with E-state index in [1.807, 2.05) is 10.4 Å². The fourth-order valence-electron chi connectivity index (χ4n) is 3.53. The lowest BCUT2D eigenvalue weighted by Crippen LogP contribution is -2.39. The molecule has 0 amide bonds. The van der Waals surface area contributed by atoms with E-state index in [0.29, 0.717) is 0 Å². The number of rotatable bonds is 8. The van der Waals surface area contributed by atoms with Crippen molar-refractivity contribution in [2.24, 2.45) is 0 Å². The highest BCUT2D eigenvalue weighted by Gasteiger charge is 2.39. The van der Waals surface area contributed by atoms with Crippen LogP contribution < -0.4 is 0 Å². The highest BCUT2D eigenvalue weighted by molar-refractivity contribution is 6.92. The second kappa shape index (κ2) is 7.09. The lowest BCUT2D eigenvalue weighted by molar-refractivity contribution is 0.828. The van der Waals surface area contributed by atoms with Gasteiger partial charge in [0.05, 0.1) is 0 Å². The minimum absolute atomic E-state index is 1.23. The highest BCUT2D eigenvalue weighted by atomic mass is 28.3. The van der Waals surface area contributed by atoms with Gasteiger partial charge in [0.2, 0.25) is 0 Å².